The van der Waals surface area contributed by atoms with Gasteiger partial charge in [0.25, 0.3) is 5.91 Å². The van der Waals surface area contributed by atoms with E-state index in [0.717, 1.165) is 37.2 Å². The molecule has 9 nitrogen and oxygen atoms in total. The summed E-state index contributed by atoms with van der Waals surface area (Å²) in [5.41, 5.74) is 1.25. The third-order valence-corrected chi connectivity index (χ3v) is 6.63. The summed E-state index contributed by atoms with van der Waals surface area (Å²) in [5, 5.41) is 5.92. The number of ether oxygens (including phenoxy) is 2. The Morgan fingerprint density at radius 2 is 1.92 bits per heavy atom. The first kappa shape index (κ1) is 26.4. The molecule has 2 aliphatic rings. The van der Waals surface area contributed by atoms with Crippen molar-refractivity contribution in [3.63, 3.8) is 0 Å². The van der Waals surface area contributed by atoms with Crippen LogP contribution < -0.4 is 20.1 Å². The van der Waals surface area contributed by atoms with Crippen LogP contribution in [0.2, 0.25) is 0 Å². The summed E-state index contributed by atoms with van der Waals surface area (Å²) in [5.74, 6) is -0.505. The summed E-state index contributed by atoms with van der Waals surface area (Å²) >= 11 is 0. The molecule has 2 N–H and O–H groups in total. The van der Waals surface area contributed by atoms with Gasteiger partial charge in [0.05, 0.1) is 18.5 Å². The first-order valence-corrected chi connectivity index (χ1v) is 12.4. The molecule has 5 rings (SSSR count). The van der Waals surface area contributed by atoms with Gasteiger partial charge in [-0.3, -0.25) is 9.79 Å². The van der Waals surface area contributed by atoms with Crippen molar-refractivity contribution in [2.75, 3.05) is 32.6 Å². The van der Waals surface area contributed by atoms with Gasteiger partial charge >= 0.3 is 6.18 Å². The van der Waals surface area contributed by atoms with E-state index in [1.165, 1.54) is 13.2 Å². The van der Waals surface area contributed by atoms with E-state index in [-0.39, 0.29) is 23.6 Å². The molecule has 1 amide bonds. The Balaban J connectivity index is 1.35. The Bertz CT molecular complexity index is 1400. The number of amides is 1. The largest absolute Gasteiger partial charge is 0.495 e. The number of fused-ring (bicyclic) bond motifs is 1. The third-order valence-electron chi connectivity index (χ3n) is 6.63. The number of anilines is 2. The molecule has 1 saturated heterocycles. The van der Waals surface area contributed by atoms with Gasteiger partial charge in [-0.15, -0.1) is 0 Å². The van der Waals surface area contributed by atoms with Gasteiger partial charge < -0.3 is 25.0 Å². The number of halogens is 3. The van der Waals surface area contributed by atoms with E-state index in [1.807, 2.05) is 7.05 Å². The van der Waals surface area contributed by atoms with Crippen molar-refractivity contribution < 1.29 is 27.4 Å². The second kappa shape index (κ2) is 10.9. The van der Waals surface area contributed by atoms with Crippen molar-refractivity contribution in [1.82, 2.24) is 20.2 Å². The summed E-state index contributed by atoms with van der Waals surface area (Å²) in [6.07, 6.45) is -0.0343. The molecule has 2 aromatic carbocycles. The Hall–Kier alpha value is -4.19. The topological polar surface area (TPSA) is 101 Å². The quantitative estimate of drug-likeness (QED) is 0.429. The SMILES string of the molecule is COc1cc(C(=O)NC2CCN(C)CC2)ccc1Nc1ncc(C(F)(F)F)c(Oc2ccc3c(c2)CC=N3)n1. The number of methoxy groups -OCH3 is 1. The van der Waals surface area contributed by atoms with Crippen LogP contribution in [0.4, 0.5) is 30.5 Å². The number of nitrogens with one attached hydrogen (secondary N) is 2. The molecule has 0 unspecified atom stereocenters. The molecule has 3 aromatic rings. The summed E-state index contributed by atoms with van der Waals surface area (Å²) in [6.45, 7) is 1.83. The summed E-state index contributed by atoms with van der Waals surface area (Å²) in [4.78, 5) is 27.0. The predicted molar refractivity (Wildman–Crippen MR) is 140 cm³/mol. The van der Waals surface area contributed by atoms with Crippen LogP contribution in [-0.2, 0) is 12.6 Å². The number of likely N-dealkylation sites (tertiary alicyclic amines) is 1. The van der Waals surface area contributed by atoms with Gasteiger partial charge in [0.1, 0.15) is 17.1 Å². The third kappa shape index (κ3) is 6.11. The second-order valence-electron chi connectivity index (χ2n) is 9.41. The highest BCUT2D eigenvalue weighted by Crippen LogP contribution is 2.39. The Morgan fingerprint density at radius 3 is 2.67 bits per heavy atom. The van der Waals surface area contributed by atoms with Crippen LogP contribution >= 0.6 is 0 Å². The van der Waals surface area contributed by atoms with E-state index in [1.54, 1.807) is 36.5 Å². The van der Waals surface area contributed by atoms with Crippen molar-refractivity contribution in [3.8, 4) is 17.4 Å². The monoisotopic (exact) mass is 540 g/mol. The van der Waals surface area contributed by atoms with Crippen LogP contribution in [0, 0.1) is 0 Å². The first-order valence-electron chi connectivity index (χ1n) is 12.4. The van der Waals surface area contributed by atoms with Gasteiger partial charge in [-0.25, -0.2) is 4.98 Å². The molecular weight excluding hydrogens is 513 g/mol. The number of alkyl halides is 3. The average Bonchev–Trinajstić information content (AvgIpc) is 3.37. The van der Waals surface area contributed by atoms with E-state index in [4.69, 9.17) is 9.47 Å². The highest BCUT2D eigenvalue weighted by atomic mass is 19.4. The zero-order chi connectivity index (χ0) is 27.6. The predicted octanol–water partition coefficient (Wildman–Crippen LogP) is 5.12. The van der Waals surface area contributed by atoms with Gasteiger partial charge in [-0.2, -0.15) is 18.2 Å². The minimum Gasteiger partial charge on any atom is -0.495 e. The zero-order valence-electron chi connectivity index (χ0n) is 21.4. The first-order chi connectivity index (χ1) is 18.7. The number of nitrogens with zero attached hydrogens (tertiary/aromatic N) is 4. The van der Waals surface area contributed by atoms with Crippen molar-refractivity contribution >= 4 is 29.4 Å². The van der Waals surface area contributed by atoms with Gasteiger partial charge in [0.15, 0.2) is 0 Å². The van der Waals surface area contributed by atoms with Crippen LogP contribution in [0.5, 0.6) is 17.4 Å². The number of benzene rings is 2. The van der Waals surface area contributed by atoms with Crippen molar-refractivity contribution in [1.29, 1.82) is 0 Å². The summed E-state index contributed by atoms with van der Waals surface area (Å²) < 4.78 is 52.1. The molecule has 204 valence electrons. The second-order valence-corrected chi connectivity index (χ2v) is 9.41. The molecule has 0 bridgehead atoms. The number of rotatable bonds is 7. The lowest BCUT2D eigenvalue weighted by Crippen LogP contribution is -2.43. The number of carbonyl (C=O) groups is 1. The summed E-state index contributed by atoms with van der Waals surface area (Å²) in [7, 11) is 3.48. The fourth-order valence-electron chi connectivity index (χ4n) is 4.45. The minimum absolute atomic E-state index is 0.0923. The average molecular weight is 541 g/mol. The van der Waals surface area contributed by atoms with Crippen molar-refractivity contribution in [2.45, 2.75) is 31.5 Å². The lowest BCUT2D eigenvalue weighted by atomic mass is 10.0. The van der Waals surface area contributed by atoms with E-state index in [0.29, 0.717) is 29.6 Å². The summed E-state index contributed by atoms with van der Waals surface area (Å²) in [6, 6.07) is 9.69. The van der Waals surface area contributed by atoms with Gasteiger partial charge in [0, 0.05) is 30.4 Å². The molecule has 1 aromatic heterocycles. The van der Waals surface area contributed by atoms with E-state index >= 15 is 0 Å². The molecule has 1 fully saturated rings. The number of carbonyl (C=O) groups excluding carboxylic acids is 1. The fraction of sp³-hybridized carbons (Fsp3) is 0.333. The van der Waals surface area contributed by atoms with E-state index in [2.05, 4.69) is 30.5 Å². The lowest BCUT2D eigenvalue weighted by Gasteiger charge is -2.29. The van der Waals surface area contributed by atoms with Gasteiger partial charge in [-0.05, 0) is 74.9 Å². The van der Waals surface area contributed by atoms with Crippen LogP contribution in [0.25, 0.3) is 0 Å². The molecule has 0 radical (unpaired) electrons. The molecule has 12 heteroatoms. The van der Waals surface area contributed by atoms with Crippen LogP contribution in [0.3, 0.4) is 0 Å². The number of aliphatic imine (C=N–C) groups is 1. The van der Waals surface area contributed by atoms with Crippen LogP contribution in [-0.4, -0.2) is 60.3 Å². The standard InChI is InChI=1S/C27H27F3N6O3/c1-36-11-8-18(9-12-36)33-24(37)17-3-5-22(23(14-17)38-2)34-26-32-15-20(27(28,29)30)25(35-26)39-19-4-6-21-16(13-19)7-10-31-21/h3-6,10,13-15,18H,7-9,11-12H2,1-2H3,(H,33,37)(H,32,34,35). The Labute approximate surface area is 223 Å². The van der Waals surface area contributed by atoms with Crippen LogP contribution in [0.1, 0.15) is 34.3 Å². The maximum absolute atomic E-state index is 13.7. The minimum atomic E-state index is -4.73. The number of piperidine rings is 1. The fourth-order valence-corrected chi connectivity index (χ4v) is 4.45. The molecule has 0 aliphatic carbocycles. The zero-order valence-corrected chi connectivity index (χ0v) is 21.4. The van der Waals surface area contributed by atoms with Crippen molar-refractivity contribution in [3.05, 3.63) is 59.3 Å². The number of aromatic nitrogens is 2. The highest BCUT2D eigenvalue weighted by molar-refractivity contribution is 5.95. The highest BCUT2D eigenvalue weighted by Gasteiger charge is 2.36. The smallest absolute Gasteiger partial charge is 0.423 e. The molecule has 0 spiro atoms. The van der Waals surface area contributed by atoms with Gasteiger partial charge in [-0.1, -0.05) is 0 Å². The molecule has 0 saturated carbocycles. The molecule has 39 heavy (non-hydrogen) atoms. The van der Waals surface area contributed by atoms with Crippen molar-refractivity contribution in [2.24, 2.45) is 4.99 Å². The molecule has 0 atom stereocenters. The van der Waals surface area contributed by atoms with Gasteiger partial charge in [0.2, 0.25) is 11.8 Å². The number of hydrogen-bond acceptors (Lipinski definition) is 8. The Kier molecular flexibility index (Phi) is 7.38. The maximum atomic E-state index is 13.7. The van der Waals surface area contributed by atoms with E-state index < -0.39 is 17.6 Å². The molecule has 2 aliphatic heterocycles. The molecular formula is C27H27F3N6O3. The Morgan fingerprint density at radius 1 is 1.13 bits per heavy atom. The maximum Gasteiger partial charge on any atom is 0.423 e. The molecule has 3 heterocycles. The number of hydrogen-bond donors (Lipinski definition) is 2. The van der Waals surface area contributed by atoms with E-state index in [9.17, 15) is 18.0 Å². The lowest BCUT2D eigenvalue weighted by molar-refractivity contribution is -0.139. The van der Waals surface area contributed by atoms with Crippen LogP contribution in [0.15, 0.2) is 47.6 Å². The normalized spacial score (nSPS) is 15.6.